The Bertz CT molecular complexity index is 476. The van der Waals surface area contributed by atoms with Gasteiger partial charge >= 0.3 is 6.18 Å². The van der Waals surface area contributed by atoms with E-state index >= 15 is 0 Å². The molecule has 0 radical (unpaired) electrons. The number of rotatable bonds is 2. The maximum atomic E-state index is 12.6. The largest absolute Gasteiger partial charge is 0.530 e. The van der Waals surface area contributed by atoms with Crippen molar-refractivity contribution >= 4 is 6.09 Å². The lowest BCUT2D eigenvalue weighted by Crippen LogP contribution is -2.46. The maximum absolute atomic E-state index is 12.6. The van der Waals surface area contributed by atoms with E-state index in [0.29, 0.717) is 18.7 Å². The second-order valence-electron chi connectivity index (χ2n) is 4.43. The zero-order valence-corrected chi connectivity index (χ0v) is 9.83. The summed E-state index contributed by atoms with van der Waals surface area (Å²) in [6.07, 6.45) is -5.83. The summed E-state index contributed by atoms with van der Waals surface area (Å²) in [6.45, 7) is 0.793. The van der Waals surface area contributed by atoms with Gasteiger partial charge in [0.05, 0.1) is 5.56 Å². The number of alkyl halides is 3. The zero-order chi connectivity index (χ0) is 14.0. The Labute approximate surface area is 107 Å². The first kappa shape index (κ1) is 13.7. The predicted octanol–water partition coefficient (Wildman–Crippen LogP) is 0.694. The third-order valence-corrected chi connectivity index (χ3v) is 3.16. The van der Waals surface area contributed by atoms with Crippen LogP contribution in [0.3, 0.4) is 0 Å². The van der Waals surface area contributed by atoms with E-state index in [0.717, 1.165) is 12.1 Å². The molecular weight excluding hydrogens is 261 g/mol. The van der Waals surface area contributed by atoms with Gasteiger partial charge in [0.1, 0.15) is 6.09 Å². The highest BCUT2D eigenvalue weighted by molar-refractivity contribution is 5.62. The Balaban J connectivity index is 2.23. The topological polar surface area (TPSA) is 64.2 Å². The van der Waals surface area contributed by atoms with Crippen molar-refractivity contribution in [1.29, 1.82) is 0 Å². The van der Waals surface area contributed by atoms with E-state index in [1.54, 1.807) is 6.07 Å². The first-order valence-electron chi connectivity index (χ1n) is 5.73. The molecule has 19 heavy (non-hydrogen) atoms. The molecular formula is C12H12F3N2O2-. The Morgan fingerprint density at radius 3 is 2.74 bits per heavy atom. The molecule has 0 aromatic heterocycles. The minimum Gasteiger partial charge on any atom is -0.530 e. The van der Waals surface area contributed by atoms with Crippen molar-refractivity contribution in [1.82, 2.24) is 10.6 Å². The van der Waals surface area contributed by atoms with E-state index in [9.17, 15) is 23.1 Å². The molecule has 1 aromatic carbocycles. The minimum absolute atomic E-state index is 0.333. The Morgan fingerprint density at radius 2 is 2.11 bits per heavy atom. The molecule has 104 valence electrons. The van der Waals surface area contributed by atoms with Crippen molar-refractivity contribution in [3.05, 3.63) is 35.4 Å². The average molecular weight is 273 g/mol. The van der Waals surface area contributed by atoms with Crippen LogP contribution in [0.15, 0.2) is 24.3 Å². The van der Waals surface area contributed by atoms with Crippen molar-refractivity contribution in [2.75, 3.05) is 13.1 Å². The summed E-state index contributed by atoms with van der Waals surface area (Å²) in [5, 5.41) is 15.7. The number of carbonyl (C=O) groups is 1. The molecule has 4 nitrogen and oxygen atoms in total. The fourth-order valence-corrected chi connectivity index (χ4v) is 2.28. The molecule has 1 aliphatic heterocycles. The second-order valence-corrected chi connectivity index (χ2v) is 4.43. The van der Waals surface area contributed by atoms with Crippen LogP contribution in [0.2, 0.25) is 0 Å². The number of hydrogen-bond acceptors (Lipinski definition) is 3. The molecule has 1 saturated heterocycles. The maximum Gasteiger partial charge on any atom is 0.416 e. The predicted molar refractivity (Wildman–Crippen MR) is 59.4 cm³/mol. The van der Waals surface area contributed by atoms with Gasteiger partial charge in [-0.1, -0.05) is 18.2 Å². The monoisotopic (exact) mass is 273 g/mol. The Kier molecular flexibility index (Phi) is 3.66. The van der Waals surface area contributed by atoms with Crippen molar-refractivity contribution in [3.8, 4) is 0 Å². The number of carbonyl (C=O) groups excluding carboxylic acids is 1. The van der Waals surface area contributed by atoms with Crippen molar-refractivity contribution in [2.24, 2.45) is 0 Å². The minimum atomic E-state index is -4.40. The molecule has 0 bridgehead atoms. The van der Waals surface area contributed by atoms with Gasteiger partial charge in [-0.3, -0.25) is 0 Å². The van der Waals surface area contributed by atoms with E-state index in [4.69, 9.17) is 0 Å². The normalized spacial score (nSPS) is 23.3. The number of benzene rings is 1. The Morgan fingerprint density at radius 1 is 1.37 bits per heavy atom. The van der Waals surface area contributed by atoms with Crippen LogP contribution in [0.25, 0.3) is 0 Å². The van der Waals surface area contributed by atoms with Crippen LogP contribution < -0.4 is 15.7 Å². The summed E-state index contributed by atoms with van der Waals surface area (Å²) >= 11 is 0. The summed E-state index contributed by atoms with van der Waals surface area (Å²) in [5.74, 6) is -0.333. The third kappa shape index (κ3) is 3.17. The van der Waals surface area contributed by atoms with Gasteiger partial charge in [0.2, 0.25) is 0 Å². The van der Waals surface area contributed by atoms with Gasteiger partial charge in [0.25, 0.3) is 0 Å². The molecule has 2 rings (SSSR count). The summed E-state index contributed by atoms with van der Waals surface area (Å²) in [6, 6.07) is 4.46. The van der Waals surface area contributed by atoms with Gasteiger partial charge in [-0.2, -0.15) is 13.2 Å². The van der Waals surface area contributed by atoms with Gasteiger partial charge in [-0.15, -0.1) is 0 Å². The van der Waals surface area contributed by atoms with Gasteiger partial charge < -0.3 is 20.5 Å². The smallest absolute Gasteiger partial charge is 0.416 e. The molecule has 7 heteroatoms. The highest BCUT2D eigenvalue weighted by atomic mass is 19.4. The lowest BCUT2D eigenvalue weighted by atomic mass is 9.93. The zero-order valence-electron chi connectivity index (χ0n) is 9.83. The molecule has 2 N–H and O–H groups in total. The van der Waals surface area contributed by atoms with Crippen LogP contribution >= 0.6 is 0 Å². The van der Waals surface area contributed by atoms with Gasteiger partial charge in [-0.05, 0) is 11.6 Å². The molecule has 2 atom stereocenters. The fourth-order valence-electron chi connectivity index (χ4n) is 2.28. The SMILES string of the molecule is O=C([O-])NC1CNCC1c1cccc(C(F)(F)F)c1. The number of carboxylic acid groups (broad SMARTS) is 1. The van der Waals surface area contributed by atoms with Gasteiger partial charge in [-0.25, -0.2) is 0 Å². The standard InChI is InChI=1S/C12H13F3N2O2/c13-12(14,15)8-3-1-2-7(4-8)9-5-16-6-10(9)17-11(18)19/h1-4,9-10,16-17H,5-6H2,(H,18,19)/p-1. The van der Waals surface area contributed by atoms with Crippen LogP contribution in [-0.2, 0) is 6.18 Å². The van der Waals surface area contributed by atoms with E-state index in [2.05, 4.69) is 10.6 Å². The molecule has 0 spiro atoms. The highest BCUT2D eigenvalue weighted by Crippen LogP contribution is 2.32. The molecule has 1 fully saturated rings. The van der Waals surface area contributed by atoms with Crippen LogP contribution in [-0.4, -0.2) is 25.2 Å². The highest BCUT2D eigenvalue weighted by Gasteiger charge is 2.33. The first-order chi connectivity index (χ1) is 8.88. The van der Waals surface area contributed by atoms with Gasteiger partial charge in [0, 0.05) is 25.0 Å². The van der Waals surface area contributed by atoms with E-state index < -0.39 is 23.9 Å². The first-order valence-corrected chi connectivity index (χ1v) is 5.73. The van der Waals surface area contributed by atoms with Crippen LogP contribution in [0.4, 0.5) is 18.0 Å². The lowest BCUT2D eigenvalue weighted by molar-refractivity contribution is -0.251. The number of halogens is 3. The molecule has 0 aliphatic carbocycles. The van der Waals surface area contributed by atoms with E-state index in [-0.39, 0.29) is 5.92 Å². The number of hydrogen-bond donors (Lipinski definition) is 2. The van der Waals surface area contributed by atoms with Gasteiger partial charge in [0.15, 0.2) is 0 Å². The van der Waals surface area contributed by atoms with Crippen molar-refractivity contribution in [3.63, 3.8) is 0 Å². The summed E-state index contributed by atoms with van der Waals surface area (Å²) in [5.41, 5.74) is -0.275. The molecule has 1 amide bonds. The van der Waals surface area contributed by atoms with Crippen LogP contribution in [0, 0.1) is 0 Å². The van der Waals surface area contributed by atoms with Crippen molar-refractivity contribution < 1.29 is 23.1 Å². The molecule has 2 unspecified atom stereocenters. The summed E-state index contributed by atoms with van der Waals surface area (Å²) < 4.78 is 37.9. The average Bonchev–Trinajstić information content (AvgIpc) is 2.75. The molecule has 1 aromatic rings. The molecule has 0 saturated carbocycles. The molecule has 1 aliphatic rings. The fraction of sp³-hybridized carbons (Fsp3) is 0.417. The second kappa shape index (κ2) is 5.08. The quantitative estimate of drug-likeness (QED) is 0.833. The Hall–Kier alpha value is -1.76. The van der Waals surface area contributed by atoms with Crippen LogP contribution in [0.5, 0.6) is 0 Å². The lowest BCUT2D eigenvalue weighted by Gasteiger charge is -2.22. The number of nitrogens with one attached hydrogen (secondary N) is 2. The van der Waals surface area contributed by atoms with E-state index in [1.165, 1.54) is 6.07 Å². The van der Waals surface area contributed by atoms with Crippen molar-refractivity contribution in [2.45, 2.75) is 18.1 Å². The van der Waals surface area contributed by atoms with E-state index in [1.807, 2.05) is 0 Å². The third-order valence-electron chi connectivity index (χ3n) is 3.16. The summed E-state index contributed by atoms with van der Waals surface area (Å²) in [7, 11) is 0. The summed E-state index contributed by atoms with van der Waals surface area (Å²) in [4.78, 5) is 10.5. The number of amides is 1. The van der Waals surface area contributed by atoms with Crippen LogP contribution in [0.1, 0.15) is 17.0 Å². The molecule has 1 heterocycles.